The number of thioether (sulfide) groups is 1. The average Bonchev–Trinajstić information content (AvgIpc) is 3.12. The van der Waals surface area contributed by atoms with E-state index in [9.17, 15) is 9.59 Å². The van der Waals surface area contributed by atoms with Crippen molar-refractivity contribution in [3.63, 3.8) is 0 Å². The molecular formula is C11H17ClN2O2S. The van der Waals surface area contributed by atoms with Crippen LogP contribution in [-0.2, 0) is 9.59 Å². The van der Waals surface area contributed by atoms with Crippen LogP contribution in [0.2, 0.25) is 0 Å². The molecule has 0 aromatic carbocycles. The van der Waals surface area contributed by atoms with E-state index in [0.717, 1.165) is 18.6 Å². The number of hydrogen-bond acceptors (Lipinski definition) is 3. The number of carbonyl (C=O) groups is 2. The highest BCUT2D eigenvalue weighted by Gasteiger charge is 2.59. The number of rotatable bonds is 3. The topological polar surface area (TPSA) is 49.4 Å². The van der Waals surface area contributed by atoms with Crippen LogP contribution in [0.25, 0.3) is 0 Å². The van der Waals surface area contributed by atoms with Gasteiger partial charge in [-0.2, -0.15) is 11.8 Å². The van der Waals surface area contributed by atoms with Crippen molar-refractivity contribution in [1.29, 1.82) is 0 Å². The lowest BCUT2D eigenvalue weighted by Gasteiger charge is -2.28. The fraction of sp³-hybridized carbons (Fsp3) is 0.818. The van der Waals surface area contributed by atoms with E-state index in [-0.39, 0.29) is 11.8 Å². The minimum atomic E-state index is -0.615. The van der Waals surface area contributed by atoms with Crippen molar-refractivity contribution in [2.24, 2.45) is 0 Å². The van der Waals surface area contributed by atoms with Crippen LogP contribution in [0.3, 0.4) is 0 Å². The van der Waals surface area contributed by atoms with Crippen LogP contribution < -0.4 is 5.32 Å². The van der Waals surface area contributed by atoms with Crippen LogP contribution in [-0.4, -0.2) is 52.7 Å². The van der Waals surface area contributed by atoms with E-state index in [1.54, 1.807) is 23.7 Å². The molecule has 2 rings (SSSR count). The summed E-state index contributed by atoms with van der Waals surface area (Å²) >= 11 is 7.84. The van der Waals surface area contributed by atoms with Gasteiger partial charge in [-0.3, -0.25) is 9.59 Å². The van der Waals surface area contributed by atoms with E-state index in [1.807, 2.05) is 6.26 Å². The molecule has 0 radical (unpaired) electrons. The van der Waals surface area contributed by atoms with Gasteiger partial charge < -0.3 is 10.2 Å². The van der Waals surface area contributed by atoms with Gasteiger partial charge >= 0.3 is 0 Å². The zero-order valence-electron chi connectivity index (χ0n) is 10.0. The summed E-state index contributed by atoms with van der Waals surface area (Å²) in [6, 6.07) is -0.416. The molecule has 6 heteroatoms. The molecule has 1 N–H and O–H groups in total. The predicted octanol–water partition coefficient (Wildman–Crippen LogP) is 0.836. The molecule has 2 amide bonds. The summed E-state index contributed by atoms with van der Waals surface area (Å²) in [6.07, 6.45) is 4.30. The first-order chi connectivity index (χ1) is 8.03. The number of nitrogens with one attached hydrogen (secondary N) is 1. The summed E-state index contributed by atoms with van der Waals surface area (Å²) in [5.74, 6) is 0.644. The Bertz CT molecular complexity index is 346. The van der Waals surface area contributed by atoms with Gasteiger partial charge in [-0.05, 0) is 31.3 Å². The second-order valence-corrected chi connectivity index (χ2v) is 6.13. The normalized spacial score (nSPS) is 31.4. The third kappa shape index (κ3) is 2.15. The van der Waals surface area contributed by atoms with Gasteiger partial charge in [0.25, 0.3) is 0 Å². The molecule has 1 saturated carbocycles. The quantitative estimate of drug-likeness (QED) is 0.777. The van der Waals surface area contributed by atoms with Gasteiger partial charge in [-0.1, -0.05) is 0 Å². The van der Waals surface area contributed by atoms with Crippen molar-refractivity contribution >= 4 is 35.2 Å². The number of halogens is 1. The van der Waals surface area contributed by atoms with Crippen molar-refractivity contribution in [2.75, 3.05) is 19.1 Å². The highest BCUT2D eigenvalue weighted by atomic mass is 35.5. The summed E-state index contributed by atoms with van der Waals surface area (Å²) in [6.45, 7) is 0. The third-order valence-electron chi connectivity index (χ3n) is 3.69. The molecule has 1 heterocycles. The monoisotopic (exact) mass is 276 g/mol. The number of nitrogens with zero attached hydrogens (tertiary/aromatic N) is 1. The number of carbonyl (C=O) groups excluding carboxylic acids is 2. The lowest BCUT2D eigenvalue weighted by atomic mass is 10.1. The Morgan fingerprint density at radius 3 is 2.71 bits per heavy atom. The van der Waals surface area contributed by atoms with Gasteiger partial charge in [0.2, 0.25) is 11.8 Å². The van der Waals surface area contributed by atoms with Gasteiger partial charge in [0, 0.05) is 7.05 Å². The molecule has 2 aliphatic rings. The van der Waals surface area contributed by atoms with E-state index < -0.39 is 17.0 Å². The Kier molecular flexibility index (Phi) is 3.59. The first kappa shape index (κ1) is 13.0. The highest BCUT2D eigenvalue weighted by molar-refractivity contribution is 7.98. The minimum absolute atomic E-state index is 0.00644. The van der Waals surface area contributed by atoms with E-state index in [4.69, 9.17) is 11.6 Å². The molecule has 2 atom stereocenters. The maximum atomic E-state index is 12.2. The molecule has 4 nitrogen and oxygen atoms in total. The summed E-state index contributed by atoms with van der Waals surface area (Å²) in [4.78, 5) is 25.8. The maximum absolute atomic E-state index is 12.2. The average molecular weight is 277 g/mol. The fourth-order valence-corrected chi connectivity index (χ4v) is 3.22. The number of alkyl halides is 1. The van der Waals surface area contributed by atoms with Crippen molar-refractivity contribution in [1.82, 2.24) is 10.2 Å². The van der Waals surface area contributed by atoms with Crippen molar-refractivity contribution < 1.29 is 9.59 Å². The second kappa shape index (κ2) is 4.69. The molecule has 1 saturated heterocycles. The largest absolute Gasteiger partial charge is 0.343 e. The molecular weight excluding hydrogens is 260 g/mol. The van der Waals surface area contributed by atoms with Crippen molar-refractivity contribution in [2.45, 2.75) is 36.2 Å². The third-order valence-corrected chi connectivity index (χ3v) is 4.94. The van der Waals surface area contributed by atoms with E-state index in [0.29, 0.717) is 6.42 Å². The highest BCUT2D eigenvalue weighted by Crippen LogP contribution is 2.47. The van der Waals surface area contributed by atoms with Gasteiger partial charge in [-0.25, -0.2) is 0 Å². The molecule has 1 unspecified atom stereocenters. The lowest BCUT2D eigenvalue weighted by molar-refractivity contribution is -0.134. The number of likely N-dealkylation sites (N-methyl/N-ethyl adjacent to an activating group) is 1. The van der Waals surface area contributed by atoms with Crippen molar-refractivity contribution in [3.8, 4) is 0 Å². The molecule has 96 valence electrons. The zero-order chi connectivity index (χ0) is 12.6. The second-order valence-electron chi connectivity index (χ2n) is 4.71. The SMILES string of the molecule is CSCC[C@@H]1NC(=O)C(Cl)C2(CC2)N(C)C1=O. The van der Waals surface area contributed by atoms with Gasteiger partial charge in [-0.15, -0.1) is 11.6 Å². The molecule has 0 aromatic rings. The van der Waals surface area contributed by atoms with Gasteiger partial charge in [0.1, 0.15) is 11.4 Å². The Labute approximate surface area is 110 Å². The number of hydrogen-bond donors (Lipinski definition) is 1. The molecule has 17 heavy (non-hydrogen) atoms. The minimum Gasteiger partial charge on any atom is -0.343 e. The fourth-order valence-electron chi connectivity index (χ4n) is 2.32. The molecule has 0 aromatic heterocycles. The smallest absolute Gasteiger partial charge is 0.245 e. The van der Waals surface area contributed by atoms with Gasteiger partial charge in [0.15, 0.2) is 0 Å². The Morgan fingerprint density at radius 2 is 2.18 bits per heavy atom. The first-order valence-corrected chi connectivity index (χ1v) is 7.57. The Morgan fingerprint density at radius 1 is 1.53 bits per heavy atom. The molecule has 1 aliphatic carbocycles. The summed E-state index contributed by atoms with van der Waals surface area (Å²) in [5, 5.41) is 2.15. The van der Waals surface area contributed by atoms with Crippen LogP contribution >= 0.6 is 23.4 Å². The van der Waals surface area contributed by atoms with Crippen LogP contribution in [0, 0.1) is 0 Å². The van der Waals surface area contributed by atoms with Crippen LogP contribution in [0.15, 0.2) is 0 Å². The van der Waals surface area contributed by atoms with E-state index in [2.05, 4.69) is 5.32 Å². The van der Waals surface area contributed by atoms with Crippen LogP contribution in [0.4, 0.5) is 0 Å². The maximum Gasteiger partial charge on any atom is 0.245 e. The molecule has 2 fully saturated rings. The van der Waals surface area contributed by atoms with Gasteiger partial charge in [0.05, 0.1) is 5.54 Å². The summed E-state index contributed by atoms with van der Waals surface area (Å²) < 4.78 is 0. The zero-order valence-corrected chi connectivity index (χ0v) is 11.6. The first-order valence-electron chi connectivity index (χ1n) is 5.74. The Hall–Kier alpha value is -0.420. The molecule has 1 aliphatic heterocycles. The van der Waals surface area contributed by atoms with Crippen molar-refractivity contribution in [3.05, 3.63) is 0 Å². The Balaban J connectivity index is 2.18. The summed E-state index contributed by atoms with van der Waals surface area (Å²) in [5.41, 5.74) is -0.420. The lowest BCUT2D eigenvalue weighted by Crippen LogP contribution is -2.47. The molecule has 0 bridgehead atoms. The van der Waals surface area contributed by atoms with E-state index in [1.165, 1.54) is 0 Å². The van der Waals surface area contributed by atoms with E-state index >= 15 is 0 Å². The standard InChI is InChI=1S/C11H17ClN2O2S/c1-14-10(16)7(3-6-17-2)13-9(15)8(12)11(14)4-5-11/h7-8H,3-6H2,1-2H3,(H,13,15)/t7-,8?/m0/s1. The van der Waals surface area contributed by atoms with Crippen LogP contribution in [0.1, 0.15) is 19.3 Å². The molecule has 1 spiro atoms. The number of amides is 2. The predicted molar refractivity (Wildman–Crippen MR) is 69.3 cm³/mol. The summed E-state index contributed by atoms with van der Waals surface area (Å²) in [7, 11) is 1.76. The van der Waals surface area contributed by atoms with Crippen LogP contribution in [0.5, 0.6) is 0 Å².